The van der Waals surface area contributed by atoms with Crippen LogP contribution in [0, 0.1) is 0 Å². The Bertz CT molecular complexity index is 694. The third-order valence-corrected chi connectivity index (χ3v) is 2.76. The van der Waals surface area contributed by atoms with Crippen LogP contribution in [0.5, 0.6) is 5.75 Å². The molecule has 0 aromatic heterocycles. The predicted octanol–water partition coefficient (Wildman–Crippen LogP) is 3.27. The molecular weight excluding hydrogens is 248 g/mol. The van der Waals surface area contributed by atoms with E-state index in [4.69, 9.17) is 14.6 Å². The fourth-order valence-electron chi connectivity index (χ4n) is 1.71. The lowest BCUT2D eigenvalue weighted by Crippen LogP contribution is -2.08. The first-order chi connectivity index (χ1) is 10.9. The average molecular weight is 272 g/mol. The van der Waals surface area contributed by atoms with Gasteiger partial charge in [0.05, 0.1) is 17.7 Å². The molecule has 3 nitrogen and oxygen atoms in total. The standard InChI is InChI=1S/C17H18N2O/c1-20-16-10-6-5-9-15(16)13-19-17(18)12-11-14-7-3-2-4-8-14/h2-12H,13H2,1H3,(H2,18,19)/b12-11+/i1T3. The molecular formula is C17H18N2O. The lowest BCUT2D eigenvalue weighted by molar-refractivity contribution is 0.410. The number of aliphatic imine (C=N–C) groups is 1. The third kappa shape index (κ3) is 3.99. The summed E-state index contributed by atoms with van der Waals surface area (Å²) in [5.41, 5.74) is 7.55. The van der Waals surface area contributed by atoms with Crippen LogP contribution in [-0.4, -0.2) is 12.9 Å². The van der Waals surface area contributed by atoms with Gasteiger partial charge < -0.3 is 10.5 Å². The fourth-order valence-corrected chi connectivity index (χ4v) is 1.71. The number of rotatable bonds is 5. The van der Waals surface area contributed by atoms with Crippen molar-refractivity contribution in [2.45, 2.75) is 6.54 Å². The van der Waals surface area contributed by atoms with Crippen molar-refractivity contribution in [3.8, 4) is 5.75 Å². The van der Waals surface area contributed by atoms with Gasteiger partial charge in [-0.2, -0.15) is 0 Å². The molecule has 0 aliphatic carbocycles. The van der Waals surface area contributed by atoms with Gasteiger partial charge >= 0.3 is 0 Å². The van der Waals surface area contributed by atoms with Crippen LogP contribution in [0.3, 0.4) is 0 Å². The van der Waals surface area contributed by atoms with Crippen LogP contribution >= 0.6 is 0 Å². The summed E-state index contributed by atoms with van der Waals surface area (Å²) < 4.78 is 26.5. The van der Waals surface area contributed by atoms with E-state index in [1.54, 1.807) is 30.3 Å². The zero-order valence-corrected chi connectivity index (χ0v) is 11.0. The van der Waals surface area contributed by atoms with E-state index in [0.29, 0.717) is 11.4 Å². The quantitative estimate of drug-likeness (QED) is 0.671. The molecule has 2 aromatic rings. The highest BCUT2D eigenvalue weighted by molar-refractivity contribution is 5.95. The molecule has 0 fully saturated rings. The second kappa shape index (κ2) is 7.14. The maximum Gasteiger partial charge on any atom is 0.123 e. The van der Waals surface area contributed by atoms with Crippen LogP contribution in [0.15, 0.2) is 65.7 Å². The Hall–Kier alpha value is -2.55. The molecule has 0 heterocycles. The summed E-state index contributed by atoms with van der Waals surface area (Å²) in [4.78, 5) is 4.24. The first-order valence-corrected chi connectivity index (χ1v) is 6.24. The van der Waals surface area contributed by atoms with Crippen LogP contribution in [-0.2, 0) is 6.54 Å². The molecule has 2 N–H and O–H groups in total. The monoisotopic (exact) mass is 272 g/mol. The molecule has 2 aromatic carbocycles. The number of hydrogen-bond donors (Lipinski definition) is 1. The molecule has 0 radical (unpaired) electrons. The number of methoxy groups -OCH3 is 1. The van der Waals surface area contributed by atoms with Crippen molar-refractivity contribution in [3.63, 3.8) is 0 Å². The van der Waals surface area contributed by atoms with Gasteiger partial charge in [0.1, 0.15) is 11.6 Å². The third-order valence-electron chi connectivity index (χ3n) is 2.76. The SMILES string of the molecule is [3H]C([3H])([3H])Oc1ccccc1CN=C(N)/C=C/c1ccccc1. The first-order valence-electron chi connectivity index (χ1n) is 7.74. The molecule has 0 atom stereocenters. The second-order valence-corrected chi connectivity index (χ2v) is 4.19. The summed E-state index contributed by atoms with van der Waals surface area (Å²) in [5, 5.41) is 0. The van der Waals surface area contributed by atoms with Crippen molar-refractivity contribution < 1.29 is 8.85 Å². The number of nitrogens with zero attached hydrogens (tertiary/aromatic N) is 1. The van der Waals surface area contributed by atoms with Crippen LogP contribution in [0.25, 0.3) is 6.08 Å². The van der Waals surface area contributed by atoms with Crippen LogP contribution < -0.4 is 10.5 Å². The molecule has 0 saturated heterocycles. The van der Waals surface area contributed by atoms with Gasteiger partial charge in [-0.15, -0.1) is 0 Å². The van der Waals surface area contributed by atoms with Crippen molar-refractivity contribution in [2.24, 2.45) is 10.7 Å². The second-order valence-electron chi connectivity index (χ2n) is 4.19. The van der Waals surface area contributed by atoms with Crippen molar-refractivity contribution >= 4 is 11.9 Å². The lowest BCUT2D eigenvalue weighted by Gasteiger charge is -2.05. The number of benzene rings is 2. The van der Waals surface area contributed by atoms with Gasteiger partial charge in [-0.3, -0.25) is 4.99 Å². The van der Waals surface area contributed by atoms with E-state index >= 15 is 0 Å². The summed E-state index contributed by atoms with van der Waals surface area (Å²) >= 11 is 0. The molecule has 0 aliphatic rings. The van der Waals surface area contributed by atoms with Crippen LogP contribution in [0.2, 0.25) is 0 Å². The van der Waals surface area contributed by atoms with E-state index < -0.39 is 7.04 Å². The van der Waals surface area contributed by atoms with Gasteiger partial charge in [-0.25, -0.2) is 0 Å². The molecule has 0 saturated carbocycles. The number of amidine groups is 1. The van der Waals surface area contributed by atoms with Gasteiger partial charge in [-0.1, -0.05) is 54.6 Å². The Kier molecular flexibility index (Phi) is 3.66. The Morgan fingerprint density at radius 1 is 1.20 bits per heavy atom. The molecule has 2 rings (SSSR count). The van der Waals surface area contributed by atoms with Gasteiger partial charge in [0, 0.05) is 5.56 Å². The summed E-state index contributed by atoms with van der Waals surface area (Å²) in [7, 11) is -2.49. The van der Waals surface area contributed by atoms with Gasteiger partial charge in [0.25, 0.3) is 0 Å². The smallest absolute Gasteiger partial charge is 0.123 e. The van der Waals surface area contributed by atoms with Crippen molar-refractivity contribution in [1.82, 2.24) is 0 Å². The molecule has 3 heteroatoms. The Morgan fingerprint density at radius 3 is 2.75 bits per heavy atom. The zero-order valence-electron chi connectivity index (χ0n) is 14.0. The topological polar surface area (TPSA) is 47.6 Å². The Balaban J connectivity index is 2.06. The minimum Gasteiger partial charge on any atom is -0.496 e. The summed E-state index contributed by atoms with van der Waals surface area (Å²) in [5.74, 6) is 0.647. The Morgan fingerprint density at radius 2 is 1.95 bits per heavy atom. The maximum absolute atomic E-state index is 7.18. The number of para-hydroxylation sites is 1. The van der Waals surface area contributed by atoms with Gasteiger partial charge in [-0.05, 0) is 17.7 Å². The normalized spacial score (nSPS) is 14.6. The maximum atomic E-state index is 7.18. The minimum atomic E-state index is -2.49. The molecule has 0 bridgehead atoms. The molecule has 20 heavy (non-hydrogen) atoms. The highest BCUT2D eigenvalue weighted by atomic mass is 16.5. The summed E-state index contributed by atoms with van der Waals surface area (Å²) in [6.07, 6.45) is 3.58. The zero-order chi connectivity index (χ0) is 16.7. The number of nitrogens with two attached hydrogens (primary N) is 1. The van der Waals surface area contributed by atoms with E-state index in [-0.39, 0.29) is 12.3 Å². The van der Waals surface area contributed by atoms with Crippen molar-refractivity contribution in [1.29, 1.82) is 0 Å². The van der Waals surface area contributed by atoms with Gasteiger partial charge in [0.2, 0.25) is 0 Å². The fraction of sp³-hybridized carbons (Fsp3) is 0.118. The average Bonchev–Trinajstić information content (AvgIpc) is 2.51. The predicted molar refractivity (Wildman–Crippen MR) is 83.8 cm³/mol. The molecule has 102 valence electrons. The number of hydrogen-bond acceptors (Lipinski definition) is 2. The highest BCUT2D eigenvalue weighted by Crippen LogP contribution is 2.17. The van der Waals surface area contributed by atoms with Crippen LogP contribution in [0.4, 0.5) is 0 Å². The largest absolute Gasteiger partial charge is 0.496 e. The molecule has 0 spiro atoms. The first kappa shape index (κ1) is 10.3. The van der Waals surface area contributed by atoms with E-state index in [1.165, 1.54) is 0 Å². The molecule has 0 amide bonds. The van der Waals surface area contributed by atoms with Gasteiger partial charge in [0.15, 0.2) is 0 Å². The van der Waals surface area contributed by atoms with Crippen molar-refractivity contribution in [2.75, 3.05) is 7.04 Å². The minimum absolute atomic E-state index is 0.247. The summed E-state index contributed by atoms with van der Waals surface area (Å²) in [6.45, 7) is 0.247. The molecule has 0 aliphatic heterocycles. The van der Waals surface area contributed by atoms with Crippen LogP contribution in [0.1, 0.15) is 15.2 Å². The highest BCUT2D eigenvalue weighted by Gasteiger charge is 1.99. The van der Waals surface area contributed by atoms with E-state index in [9.17, 15) is 0 Å². The number of ether oxygens (including phenoxy) is 1. The molecule has 0 unspecified atom stereocenters. The van der Waals surface area contributed by atoms with E-state index in [1.807, 2.05) is 36.4 Å². The lowest BCUT2D eigenvalue weighted by atomic mass is 10.2. The van der Waals surface area contributed by atoms with E-state index in [2.05, 4.69) is 4.99 Å². The summed E-state index contributed by atoms with van der Waals surface area (Å²) in [6, 6.07) is 16.6. The Labute approximate surface area is 123 Å². The van der Waals surface area contributed by atoms with E-state index in [0.717, 1.165) is 5.56 Å². The van der Waals surface area contributed by atoms with Crippen molar-refractivity contribution in [3.05, 3.63) is 71.8 Å².